The minimum absolute atomic E-state index is 0.259. The minimum Gasteiger partial charge on any atom is -0.440 e. The fourth-order valence-electron chi connectivity index (χ4n) is 2.90. The fraction of sp³-hybridized carbons (Fsp3) is 0.316. The van der Waals surface area contributed by atoms with Crippen molar-refractivity contribution in [2.75, 3.05) is 4.72 Å². The lowest BCUT2D eigenvalue weighted by molar-refractivity contribution is 0.338. The first kappa shape index (κ1) is 17.3. The van der Waals surface area contributed by atoms with Crippen molar-refractivity contribution < 1.29 is 12.8 Å². The van der Waals surface area contributed by atoms with Gasteiger partial charge in [0.15, 0.2) is 11.7 Å². The molecule has 1 aliphatic carbocycles. The van der Waals surface area contributed by atoms with Gasteiger partial charge in [0.1, 0.15) is 4.21 Å². The molecule has 2 aromatic heterocycles. The molecule has 0 bridgehead atoms. The first-order valence-corrected chi connectivity index (χ1v) is 10.9. The smallest absolute Gasteiger partial charge is 0.271 e. The summed E-state index contributed by atoms with van der Waals surface area (Å²) in [5, 5.41) is 0. The number of anilines is 1. The van der Waals surface area contributed by atoms with Crippen LogP contribution in [0, 0.1) is 13.8 Å². The molecular formula is C19H20N2O3S2. The second-order valence-electron chi connectivity index (χ2n) is 6.66. The molecule has 1 N–H and O–H groups in total. The lowest BCUT2D eigenvalue weighted by Gasteiger charge is -2.21. The molecule has 0 spiro atoms. The van der Waals surface area contributed by atoms with Gasteiger partial charge in [0.05, 0.1) is 16.8 Å². The monoisotopic (exact) mass is 388 g/mol. The standard InChI is InChI=1S/C19H20N2O3S2/c1-12-5-3-8-15(13(12)2)21-26(22,23)18-10-9-17(25-18)16-11-20-19(24-16)14-6-4-7-14/h3,5,8-11,14,21H,4,6-7H2,1-2H3. The van der Waals surface area contributed by atoms with Crippen molar-refractivity contribution in [2.24, 2.45) is 0 Å². The van der Waals surface area contributed by atoms with E-state index in [2.05, 4.69) is 9.71 Å². The Kier molecular flexibility index (Phi) is 4.36. The zero-order valence-corrected chi connectivity index (χ0v) is 16.3. The highest BCUT2D eigenvalue weighted by Gasteiger charge is 2.25. The number of nitrogens with one attached hydrogen (secondary N) is 1. The maximum absolute atomic E-state index is 12.7. The summed E-state index contributed by atoms with van der Waals surface area (Å²) in [4.78, 5) is 5.12. The van der Waals surface area contributed by atoms with Gasteiger partial charge in [0, 0.05) is 5.92 Å². The molecule has 1 fully saturated rings. The van der Waals surface area contributed by atoms with Crippen LogP contribution in [0.3, 0.4) is 0 Å². The molecule has 1 aromatic carbocycles. The van der Waals surface area contributed by atoms with Crippen molar-refractivity contribution in [1.29, 1.82) is 0 Å². The molecule has 0 saturated heterocycles. The number of hydrogen-bond donors (Lipinski definition) is 1. The molecule has 4 rings (SSSR count). The predicted molar refractivity (Wildman–Crippen MR) is 103 cm³/mol. The van der Waals surface area contributed by atoms with Crippen LogP contribution < -0.4 is 4.72 Å². The summed E-state index contributed by atoms with van der Waals surface area (Å²) < 4.78 is 34.2. The van der Waals surface area contributed by atoms with Gasteiger partial charge in [-0.1, -0.05) is 18.6 Å². The van der Waals surface area contributed by atoms with Gasteiger partial charge >= 0.3 is 0 Å². The average Bonchev–Trinajstić information content (AvgIpc) is 3.19. The van der Waals surface area contributed by atoms with Crippen LogP contribution in [0.1, 0.15) is 42.2 Å². The third-order valence-electron chi connectivity index (χ3n) is 4.92. The number of aryl methyl sites for hydroxylation is 1. The van der Waals surface area contributed by atoms with Gasteiger partial charge in [-0.3, -0.25) is 4.72 Å². The number of thiophene rings is 1. The molecule has 136 valence electrons. The second kappa shape index (κ2) is 6.55. The Morgan fingerprint density at radius 2 is 2.00 bits per heavy atom. The highest BCUT2D eigenvalue weighted by atomic mass is 32.2. The zero-order valence-electron chi connectivity index (χ0n) is 14.7. The third-order valence-corrected chi connectivity index (χ3v) is 7.87. The van der Waals surface area contributed by atoms with E-state index >= 15 is 0 Å². The number of sulfonamides is 1. The number of aromatic nitrogens is 1. The van der Waals surface area contributed by atoms with Gasteiger partial charge in [0.25, 0.3) is 10.0 Å². The van der Waals surface area contributed by atoms with Gasteiger partial charge in [-0.2, -0.15) is 0 Å². The molecule has 3 aromatic rings. The first-order chi connectivity index (χ1) is 12.4. The lowest BCUT2D eigenvalue weighted by atomic mass is 9.85. The van der Waals surface area contributed by atoms with Crippen molar-refractivity contribution in [1.82, 2.24) is 4.98 Å². The van der Waals surface area contributed by atoms with Gasteiger partial charge in [-0.05, 0) is 56.0 Å². The maximum atomic E-state index is 12.7. The molecule has 5 nitrogen and oxygen atoms in total. The number of oxazole rings is 1. The van der Waals surface area contributed by atoms with Crippen LogP contribution in [0.25, 0.3) is 10.6 Å². The molecule has 0 unspecified atom stereocenters. The number of nitrogens with zero attached hydrogens (tertiary/aromatic N) is 1. The Hall–Kier alpha value is -2.12. The minimum atomic E-state index is -3.64. The molecule has 26 heavy (non-hydrogen) atoms. The van der Waals surface area contributed by atoms with Gasteiger partial charge < -0.3 is 4.42 Å². The molecule has 0 amide bonds. The predicted octanol–water partition coefficient (Wildman–Crippen LogP) is 5.09. The molecule has 0 atom stereocenters. The summed E-state index contributed by atoms with van der Waals surface area (Å²) in [5.41, 5.74) is 2.57. The molecular weight excluding hydrogens is 368 g/mol. The topological polar surface area (TPSA) is 72.2 Å². The van der Waals surface area contributed by atoms with E-state index in [1.165, 1.54) is 17.8 Å². The van der Waals surface area contributed by atoms with E-state index < -0.39 is 10.0 Å². The Bertz CT molecular complexity index is 1050. The van der Waals surface area contributed by atoms with Crippen LogP contribution in [-0.4, -0.2) is 13.4 Å². The van der Waals surface area contributed by atoms with E-state index in [0.29, 0.717) is 17.4 Å². The maximum Gasteiger partial charge on any atom is 0.271 e. The summed E-state index contributed by atoms with van der Waals surface area (Å²) in [6.07, 6.45) is 5.13. The Morgan fingerprint density at radius 3 is 2.73 bits per heavy atom. The van der Waals surface area contributed by atoms with Gasteiger partial charge in [0.2, 0.25) is 0 Å². The summed E-state index contributed by atoms with van der Waals surface area (Å²) in [7, 11) is -3.64. The third kappa shape index (κ3) is 3.17. The van der Waals surface area contributed by atoms with E-state index in [9.17, 15) is 8.42 Å². The first-order valence-electron chi connectivity index (χ1n) is 8.59. The summed E-state index contributed by atoms with van der Waals surface area (Å²) >= 11 is 1.19. The molecule has 2 heterocycles. The van der Waals surface area contributed by atoms with Crippen LogP contribution in [0.2, 0.25) is 0 Å². The Balaban J connectivity index is 1.58. The normalized spacial score (nSPS) is 15.0. The average molecular weight is 389 g/mol. The highest BCUT2D eigenvalue weighted by Crippen LogP contribution is 2.39. The van der Waals surface area contributed by atoms with Crippen LogP contribution >= 0.6 is 11.3 Å². The number of rotatable bonds is 5. The van der Waals surface area contributed by atoms with Crippen molar-refractivity contribution >= 4 is 27.0 Å². The van der Waals surface area contributed by atoms with Crippen LogP contribution in [-0.2, 0) is 10.0 Å². The van der Waals surface area contributed by atoms with Crippen molar-refractivity contribution in [2.45, 2.75) is 43.2 Å². The Labute approximate surface area is 157 Å². The van der Waals surface area contributed by atoms with E-state index in [0.717, 1.165) is 34.7 Å². The molecule has 0 aliphatic heterocycles. The quantitative estimate of drug-likeness (QED) is 0.661. The van der Waals surface area contributed by atoms with Crippen LogP contribution in [0.5, 0.6) is 0 Å². The van der Waals surface area contributed by atoms with E-state index in [1.54, 1.807) is 24.4 Å². The van der Waals surface area contributed by atoms with Crippen molar-refractivity contribution in [3.05, 3.63) is 53.5 Å². The van der Waals surface area contributed by atoms with Crippen LogP contribution in [0.4, 0.5) is 5.69 Å². The van der Waals surface area contributed by atoms with E-state index in [1.807, 2.05) is 26.0 Å². The molecule has 7 heteroatoms. The van der Waals surface area contributed by atoms with Crippen molar-refractivity contribution in [3.63, 3.8) is 0 Å². The van der Waals surface area contributed by atoms with Gasteiger partial charge in [-0.25, -0.2) is 13.4 Å². The highest BCUT2D eigenvalue weighted by molar-refractivity contribution is 7.94. The van der Waals surface area contributed by atoms with Crippen LogP contribution in [0.15, 0.2) is 45.2 Å². The summed E-state index contributed by atoms with van der Waals surface area (Å²) in [6, 6.07) is 8.96. The largest absolute Gasteiger partial charge is 0.440 e. The summed E-state index contributed by atoms with van der Waals surface area (Å²) in [6.45, 7) is 3.86. The number of hydrogen-bond acceptors (Lipinski definition) is 5. The lowest BCUT2D eigenvalue weighted by Crippen LogP contribution is -2.12. The molecule has 1 aliphatic rings. The van der Waals surface area contributed by atoms with E-state index in [-0.39, 0.29) is 4.21 Å². The molecule has 1 saturated carbocycles. The SMILES string of the molecule is Cc1cccc(NS(=O)(=O)c2ccc(-c3cnc(C4CCC4)o3)s2)c1C. The fourth-order valence-corrected chi connectivity index (χ4v) is 5.27. The van der Waals surface area contributed by atoms with Crippen molar-refractivity contribution in [3.8, 4) is 10.6 Å². The second-order valence-corrected chi connectivity index (χ2v) is 9.66. The summed E-state index contributed by atoms with van der Waals surface area (Å²) in [5.74, 6) is 1.81. The zero-order chi connectivity index (χ0) is 18.3. The number of benzene rings is 1. The van der Waals surface area contributed by atoms with Gasteiger partial charge in [-0.15, -0.1) is 11.3 Å². The Morgan fingerprint density at radius 1 is 1.19 bits per heavy atom. The van der Waals surface area contributed by atoms with E-state index in [4.69, 9.17) is 4.42 Å². The molecule has 0 radical (unpaired) electrons.